The van der Waals surface area contributed by atoms with Gasteiger partial charge < -0.3 is 10.6 Å². The second-order valence-corrected chi connectivity index (χ2v) is 5.05. The summed E-state index contributed by atoms with van der Waals surface area (Å²) in [6, 6.07) is 1.25. The van der Waals surface area contributed by atoms with Crippen LogP contribution in [0.2, 0.25) is 0 Å². The predicted octanol–water partition coefficient (Wildman–Crippen LogP) is 0.894. The van der Waals surface area contributed by atoms with Gasteiger partial charge in [0.2, 0.25) is 0 Å². The van der Waals surface area contributed by atoms with Crippen LogP contribution in [0.25, 0.3) is 0 Å². The summed E-state index contributed by atoms with van der Waals surface area (Å²) in [6.07, 6.45) is 5.18. The summed E-state index contributed by atoms with van der Waals surface area (Å²) in [6.45, 7) is 8.48. The second-order valence-electron chi connectivity index (χ2n) is 5.05. The fraction of sp³-hybridized carbons (Fsp3) is 1.00. The van der Waals surface area contributed by atoms with Gasteiger partial charge >= 0.3 is 0 Å². The number of piperazine rings is 1. The van der Waals surface area contributed by atoms with Gasteiger partial charge in [-0.2, -0.15) is 0 Å². The van der Waals surface area contributed by atoms with E-state index in [-0.39, 0.29) is 0 Å². The van der Waals surface area contributed by atoms with Crippen molar-refractivity contribution in [1.82, 2.24) is 9.80 Å². The van der Waals surface area contributed by atoms with Crippen LogP contribution in [0.1, 0.15) is 32.6 Å². The highest BCUT2D eigenvalue weighted by molar-refractivity contribution is 4.84. The number of nitrogens with two attached hydrogens (primary N) is 1. The molecule has 2 rings (SSSR count). The molecule has 3 heteroatoms. The number of hydrogen-bond donors (Lipinski definition) is 1. The molecule has 1 aliphatic carbocycles. The molecule has 3 nitrogen and oxygen atoms in total. The lowest BCUT2D eigenvalue weighted by Gasteiger charge is -2.41. The van der Waals surface area contributed by atoms with Gasteiger partial charge in [0.25, 0.3) is 0 Å². The molecule has 2 N–H and O–H groups in total. The van der Waals surface area contributed by atoms with E-state index in [1.165, 1.54) is 58.4 Å². The zero-order chi connectivity index (χ0) is 10.7. The van der Waals surface area contributed by atoms with Crippen molar-refractivity contribution in [2.24, 2.45) is 5.73 Å². The fourth-order valence-corrected chi connectivity index (χ4v) is 2.98. The first kappa shape index (κ1) is 11.4. The lowest BCUT2D eigenvalue weighted by molar-refractivity contribution is 0.0778. The van der Waals surface area contributed by atoms with Crippen LogP contribution in [-0.4, -0.2) is 54.6 Å². The molecular weight excluding hydrogens is 186 g/mol. The van der Waals surface area contributed by atoms with Gasteiger partial charge in [-0.05, 0) is 25.8 Å². The van der Waals surface area contributed by atoms with Crippen LogP contribution in [0.3, 0.4) is 0 Å². The number of rotatable bonds is 2. The van der Waals surface area contributed by atoms with Gasteiger partial charge in [0.05, 0.1) is 0 Å². The first-order chi connectivity index (χ1) is 7.29. The maximum atomic E-state index is 6.05. The van der Waals surface area contributed by atoms with Crippen molar-refractivity contribution in [3.63, 3.8) is 0 Å². The van der Waals surface area contributed by atoms with Crippen LogP contribution in [0, 0.1) is 0 Å². The van der Waals surface area contributed by atoms with Crippen molar-refractivity contribution in [1.29, 1.82) is 0 Å². The van der Waals surface area contributed by atoms with Crippen LogP contribution in [0.5, 0.6) is 0 Å². The van der Waals surface area contributed by atoms with E-state index in [1.807, 2.05) is 0 Å². The molecule has 1 saturated heterocycles. The molecule has 1 saturated carbocycles. The molecule has 15 heavy (non-hydrogen) atoms. The summed E-state index contributed by atoms with van der Waals surface area (Å²) in [5.74, 6) is 0. The van der Waals surface area contributed by atoms with Gasteiger partial charge in [-0.1, -0.05) is 13.3 Å². The molecule has 0 bridgehead atoms. The van der Waals surface area contributed by atoms with Crippen molar-refractivity contribution in [3.05, 3.63) is 0 Å². The quantitative estimate of drug-likeness (QED) is 0.736. The van der Waals surface area contributed by atoms with E-state index in [9.17, 15) is 0 Å². The summed E-state index contributed by atoms with van der Waals surface area (Å²) in [5, 5.41) is 0. The fourth-order valence-electron chi connectivity index (χ4n) is 2.98. The average Bonchev–Trinajstić information content (AvgIpc) is 2.29. The first-order valence-electron chi connectivity index (χ1n) is 6.51. The summed E-state index contributed by atoms with van der Waals surface area (Å²) >= 11 is 0. The molecule has 1 aliphatic heterocycles. The molecule has 2 aliphatic rings. The van der Waals surface area contributed by atoms with Crippen LogP contribution < -0.4 is 5.73 Å². The van der Waals surface area contributed by atoms with Crippen LogP contribution in [0.15, 0.2) is 0 Å². The Labute approximate surface area is 93.6 Å². The maximum absolute atomic E-state index is 6.05. The third kappa shape index (κ3) is 2.92. The Morgan fingerprint density at radius 3 is 2.47 bits per heavy atom. The lowest BCUT2D eigenvalue weighted by Crippen LogP contribution is -2.52. The van der Waals surface area contributed by atoms with Gasteiger partial charge in [-0.15, -0.1) is 0 Å². The van der Waals surface area contributed by atoms with Crippen molar-refractivity contribution < 1.29 is 0 Å². The van der Waals surface area contributed by atoms with Crippen LogP contribution in [0.4, 0.5) is 0 Å². The molecule has 0 unspecified atom stereocenters. The minimum absolute atomic E-state index is 0.466. The Kier molecular flexibility index (Phi) is 4.00. The third-order valence-electron chi connectivity index (χ3n) is 4.06. The third-order valence-corrected chi connectivity index (χ3v) is 4.06. The van der Waals surface area contributed by atoms with E-state index in [2.05, 4.69) is 16.7 Å². The molecule has 0 radical (unpaired) electrons. The topological polar surface area (TPSA) is 32.5 Å². The highest BCUT2D eigenvalue weighted by Gasteiger charge is 2.27. The standard InChI is InChI=1S/C12H25N3/c1-2-14-6-8-15(9-7-14)12-5-3-4-11(13)10-12/h11-12H,2-10,13H2,1H3/t11-,12+/m1/s1. The van der Waals surface area contributed by atoms with Gasteiger partial charge in [-0.3, -0.25) is 4.90 Å². The van der Waals surface area contributed by atoms with Gasteiger partial charge in [0, 0.05) is 38.3 Å². The summed E-state index contributed by atoms with van der Waals surface area (Å²) in [4.78, 5) is 5.21. The molecule has 0 aromatic heterocycles. The van der Waals surface area contributed by atoms with E-state index < -0.39 is 0 Å². The van der Waals surface area contributed by atoms with Crippen LogP contribution in [-0.2, 0) is 0 Å². The van der Waals surface area contributed by atoms with Crippen molar-refractivity contribution in [3.8, 4) is 0 Å². The van der Waals surface area contributed by atoms with Crippen molar-refractivity contribution >= 4 is 0 Å². The minimum Gasteiger partial charge on any atom is -0.328 e. The Hall–Kier alpha value is -0.120. The Morgan fingerprint density at radius 2 is 1.87 bits per heavy atom. The highest BCUT2D eigenvalue weighted by Crippen LogP contribution is 2.22. The summed E-state index contributed by atoms with van der Waals surface area (Å²) in [7, 11) is 0. The normalized spacial score (nSPS) is 35.6. The zero-order valence-electron chi connectivity index (χ0n) is 9.99. The molecule has 0 aromatic rings. The van der Waals surface area contributed by atoms with Crippen molar-refractivity contribution in [2.75, 3.05) is 32.7 Å². The lowest BCUT2D eigenvalue weighted by atomic mass is 9.90. The minimum atomic E-state index is 0.466. The van der Waals surface area contributed by atoms with E-state index in [1.54, 1.807) is 0 Å². The van der Waals surface area contributed by atoms with E-state index in [0.29, 0.717) is 6.04 Å². The molecule has 2 atom stereocenters. The van der Waals surface area contributed by atoms with E-state index in [4.69, 9.17) is 5.73 Å². The average molecular weight is 211 g/mol. The molecular formula is C12H25N3. The smallest absolute Gasteiger partial charge is 0.0113 e. The molecule has 0 spiro atoms. The SMILES string of the molecule is CCN1CCN([C@H]2CCC[C@@H](N)C2)CC1. The molecule has 2 fully saturated rings. The number of nitrogens with zero attached hydrogens (tertiary/aromatic N) is 2. The molecule has 88 valence electrons. The van der Waals surface area contributed by atoms with E-state index >= 15 is 0 Å². The Balaban J connectivity index is 1.79. The maximum Gasteiger partial charge on any atom is 0.0113 e. The monoisotopic (exact) mass is 211 g/mol. The largest absolute Gasteiger partial charge is 0.328 e. The number of likely N-dealkylation sites (N-methyl/N-ethyl adjacent to an activating group) is 1. The molecule has 0 amide bonds. The van der Waals surface area contributed by atoms with Gasteiger partial charge in [0.1, 0.15) is 0 Å². The van der Waals surface area contributed by atoms with Crippen LogP contribution >= 0.6 is 0 Å². The second kappa shape index (κ2) is 5.28. The van der Waals surface area contributed by atoms with Gasteiger partial charge in [0.15, 0.2) is 0 Å². The Morgan fingerprint density at radius 1 is 1.13 bits per heavy atom. The Bertz CT molecular complexity index is 187. The molecule has 1 heterocycles. The van der Waals surface area contributed by atoms with Crippen molar-refractivity contribution in [2.45, 2.75) is 44.7 Å². The zero-order valence-corrected chi connectivity index (χ0v) is 9.99. The highest BCUT2D eigenvalue weighted by atomic mass is 15.3. The number of hydrogen-bond acceptors (Lipinski definition) is 3. The summed E-state index contributed by atoms with van der Waals surface area (Å²) in [5.41, 5.74) is 6.05. The van der Waals surface area contributed by atoms with Gasteiger partial charge in [-0.25, -0.2) is 0 Å². The first-order valence-corrected chi connectivity index (χ1v) is 6.51. The summed E-state index contributed by atoms with van der Waals surface area (Å²) < 4.78 is 0. The van der Waals surface area contributed by atoms with E-state index in [0.717, 1.165) is 6.04 Å². The predicted molar refractivity (Wildman–Crippen MR) is 63.9 cm³/mol. The molecule has 0 aromatic carbocycles.